The summed E-state index contributed by atoms with van der Waals surface area (Å²) >= 11 is 0. The van der Waals surface area contributed by atoms with E-state index in [1.165, 1.54) is 51.4 Å². The first-order chi connectivity index (χ1) is 10.1. The number of rotatable bonds is 9. The van der Waals surface area contributed by atoms with Crippen molar-refractivity contribution >= 4 is 10.8 Å². The molecule has 2 atom stereocenters. The van der Waals surface area contributed by atoms with E-state index in [1.807, 2.05) is 0 Å². The molecule has 0 radical (unpaired) electrons. The quantitative estimate of drug-likeness (QED) is 0.626. The van der Waals surface area contributed by atoms with E-state index >= 15 is 0 Å². The molecular formula is C18H34O2S. The van der Waals surface area contributed by atoms with E-state index in [9.17, 15) is 9.32 Å². The number of hydrogen-bond acceptors (Lipinski definition) is 2. The molecule has 0 amide bonds. The maximum atomic E-state index is 12.2. The third-order valence-corrected chi connectivity index (χ3v) is 7.54. The number of hydrogen-bond donors (Lipinski definition) is 1. The van der Waals surface area contributed by atoms with Crippen LogP contribution < -0.4 is 0 Å². The molecule has 3 heteroatoms. The molecule has 0 saturated carbocycles. The van der Waals surface area contributed by atoms with Crippen LogP contribution in [-0.4, -0.2) is 25.4 Å². The molecule has 2 fully saturated rings. The van der Waals surface area contributed by atoms with Crippen molar-refractivity contribution in [1.82, 2.24) is 0 Å². The molecule has 124 valence electrons. The molecule has 2 aliphatic heterocycles. The van der Waals surface area contributed by atoms with Gasteiger partial charge in [0.1, 0.15) is 0 Å². The summed E-state index contributed by atoms with van der Waals surface area (Å²) in [5, 5.41) is 11.4. The normalized spacial score (nSPS) is 35.8. The summed E-state index contributed by atoms with van der Waals surface area (Å²) in [6.07, 6.45) is 16.4. The van der Waals surface area contributed by atoms with Crippen molar-refractivity contribution < 1.29 is 9.32 Å². The molecule has 2 bridgehead atoms. The standard InChI is InChI=1S/C18H34O2S/c1-2-3-4-5-6-7-8-9-13-18(19)14-16-11-10-12-17(15-18)21(16)20/h16-17,19H,2-15H2,1H3. The molecule has 0 spiro atoms. The molecule has 0 aromatic carbocycles. The summed E-state index contributed by atoms with van der Waals surface area (Å²) in [5.74, 6) is 0. The van der Waals surface area contributed by atoms with Crippen molar-refractivity contribution in [3.8, 4) is 0 Å². The first-order valence-corrected chi connectivity index (χ1v) is 10.5. The second-order valence-electron chi connectivity index (χ2n) is 7.36. The second kappa shape index (κ2) is 8.67. The van der Waals surface area contributed by atoms with Gasteiger partial charge in [0.05, 0.1) is 5.60 Å². The van der Waals surface area contributed by atoms with Crippen LogP contribution in [0.4, 0.5) is 0 Å². The van der Waals surface area contributed by atoms with Crippen LogP contribution in [0, 0.1) is 0 Å². The van der Waals surface area contributed by atoms with Crippen molar-refractivity contribution in [2.75, 3.05) is 0 Å². The van der Waals surface area contributed by atoms with Gasteiger partial charge in [-0.2, -0.15) is 0 Å². The Bertz CT molecular complexity index is 313. The van der Waals surface area contributed by atoms with E-state index < -0.39 is 16.4 Å². The minimum Gasteiger partial charge on any atom is -0.390 e. The van der Waals surface area contributed by atoms with Gasteiger partial charge < -0.3 is 5.11 Å². The van der Waals surface area contributed by atoms with E-state index in [1.54, 1.807) is 0 Å². The third-order valence-electron chi connectivity index (χ3n) is 5.42. The second-order valence-corrected chi connectivity index (χ2v) is 9.35. The number of aliphatic hydroxyl groups is 1. The van der Waals surface area contributed by atoms with Crippen molar-refractivity contribution in [2.45, 2.75) is 113 Å². The SMILES string of the molecule is CCCCCCCCCCC1(O)CC2CCCC(C1)S2=O. The predicted octanol–water partition coefficient (Wildman–Crippen LogP) is 4.71. The Kier molecular flexibility index (Phi) is 7.21. The van der Waals surface area contributed by atoms with Gasteiger partial charge in [0.15, 0.2) is 0 Å². The van der Waals surface area contributed by atoms with Crippen LogP contribution in [-0.2, 0) is 10.8 Å². The van der Waals surface area contributed by atoms with E-state index in [0.29, 0.717) is 0 Å². The van der Waals surface area contributed by atoms with E-state index in [0.717, 1.165) is 38.5 Å². The van der Waals surface area contributed by atoms with Gasteiger partial charge in [-0.3, -0.25) is 4.21 Å². The van der Waals surface area contributed by atoms with Crippen LogP contribution in [0.1, 0.15) is 96.8 Å². The molecular weight excluding hydrogens is 280 g/mol. The lowest BCUT2D eigenvalue weighted by atomic mass is 9.82. The van der Waals surface area contributed by atoms with Gasteiger partial charge in [-0.05, 0) is 32.1 Å². The lowest BCUT2D eigenvalue weighted by Gasteiger charge is -2.43. The molecule has 2 heterocycles. The summed E-state index contributed by atoms with van der Waals surface area (Å²) in [7, 11) is -0.656. The fourth-order valence-corrected chi connectivity index (χ4v) is 6.46. The maximum Gasteiger partial charge on any atom is 0.0670 e. The first-order valence-electron chi connectivity index (χ1n) is 9.26. The smallest absolute Gasteiger partial charge is 0.0670 e. The third kappa shape index (κ3) is 5.35. The highest BCUT2D eigenvalue weighted by atomic mass is 32.2. The molecule has 21 heavy (non-hydrogen) atoms. The molecule has 1 N–H and O–H groups in total. The minimum absolute atomic E-state index is 0.288. The highest BCUT2D eigenvalue weighted by Crippen LogP contribution is 2.41. The summed E-state index contributed by atoms with van der Waals surface area (Å²) in [6.45, 7) is 2.26. The molecule has 0 aromatic rings. The number of fused-ring (bicyclic) bond motifs is 2. The molecule has 2 rings (SSSR count). The largest absolute Gasteiger partial charge is 0.390 e. The zero-order valence-electron chi connectivity index (χ0n) is 13.8. The van der Waals surface area contributed by atoms with Crippen LogP contribution in [0.3, 0.4) is 0 Å². The average Bonchev–Trinajstić information content (AvgIpc) is 2.44. The lowest BCUT2D eigenvalue weighted by Crippen LogP contribution is -2.48. The molecule has 2 saturated heterocycles. The van der Waals surface area contributed by atoms with Crippen LogP contribution in [0.15, 0.2) is 0 Å². The summed E-state index contributed by atoms with van der Waals surface area (Å²) in [4.78, 5) is 0. The fraction of sp³-hybridized carbons (Fsp3) is 1.00. The molecule has 0 aromatic heterocycles. The summed E-state index contributed by atoms with van der Waals surface area (Å²) in [6, 6.07) is 0. The van der Waals surface area contributed by atoms with Crippen LogP contribution >= 0.6 is 0 Å². The minimum atomic E-state index is -0.656. The van der Waals surface area contributed by atoms with Gasteiger partial charge in [-0.25, -0.2) is 0 Å². The molecule has 0 aliphatic carbocycles. The highest BCUT2D eigenvalue weighted by molar-refractivity contribution is 7.86. The molecule has 2 unspecified atom stereocenters. The number of unbranched alkanes of at least 4 members (excludes halogenated alkanes) is 7. The summed E-state index contributed by atoms with van der Waals surface area (Å²) < 4.78 is 12.2. The Labute approximate surface area is 133 Å². The van der Waals surface area contributed by atoms with Gasteiger partial charge in [0.2, 0.25) is 0 Å². The predicted molar refractivity (Wildman–Crippen MR) is 91.0 cm³/mol. The van der Waals surface area contributed by atoms with Crippen molar-refractivity contribution in [2.24, 2.45) is 0 Å². The average molecular weight is 315 g/mol. The zero-order valence-corrected chi connectivity index (χ0v) is 14.6. The van der Waals surface area contributed by atoms with E-state index in [-0.39, 0.29) is 10.5 Å². The fourth-order valence-electron chi connectivity index (χ4n) is 4.17. The van der Waals surface area contributed by atoms with Crippen molar-refractivity contribution in [1.29, 1.82) is 0 Å². The van der Waals surface area contributed by atoms with Crippen LogP contribution in [0.2, 0.25) is 0 Å². The topological polar surface area (TPSA) is 37.3 Å². The monoisotopic (exact) mass is 314 g/mol. The first kappa shape index (κ1) is 17.5. The van der Waals surface area contributed by atoms with Gasteiger partial charge in [0, 0.05) is 21.3 Å². The highest BCUT2D eigenvalue weighted by Gasteiger charge is 2.44. The van der Waals surface area contributed by atoms with Gasteiger partial charge in [0.25, 0.3) is 0 Å². The van der Waals surface area contributed by atoms with Crippen LogP contribution in [0.25, 0.3) is 0 Å². The Balaban J connectivity index is 1.61. The van der Waals surface area contributed by atoms with Gasteiger partial charge in [-0.1, -0.05) is 64.7 Å². The van der Waals surface area contributed by atoms with E-state index in [4.69, 9.17) is 0 Å². The molecule has 2 aliphatic rings. The Hall–Kier alpha value is 0.110. The Morgan fingerprint density at radius 2 is 1.48 bits per heavy atom. The lowest BCUT2D eigenvalue weighted by molar-refractivity contribution is 0.000871. The van der Waals surface area contributed by atoms with Crippen molar-refractivity contribution in [3.05, 3.63) is 0 Å². The Morgan fingerprint density at radius 1 is 0.952 bits per heavy atom. The van der Waals surface area contributed by atoms with Gasteiger partial charge >= 0.3 is 0 Å². The van der Waals surface area contributed by atoms with Gasteiger partial charge in [-0.15, -0.1) is 0 Å². The molecule has 2 nitrogen and oxygen atoms in total. The summed E-state index contributed by atoms with van der Waals surface area (Å²) in [5.41, 5.74) is -0.494. The maximum absolute atomic E-state index is 12.2. The van der Waals surface area contributed by atoms with E-state index in [2.05, 4.69) is 6.92 Å². The Morgan fingerprint density at radius 3 is 2.05 bits per heavy atom. The van der Waals surface area contributed by atoms with Crippen LogP contribution in [0.5, 0.6) is 0 Å². The van der Waals surface area contributed by atoms with Crippen molar-refractivity contribution in [3.63, 3.8) is 0 Å². The zero-order chi connectivity index (χ0) is 15.1.